The summed E-state index contributed by atoms with van der Waals surface area (Å²) in [6.07, 6.45) is 0. The van der Waals surface area contributed by atoms with Crippen molar-refractivity contribution in [2.24, 2.45) is 5.73 Å². The molecule has 0 spiro atoms. The Balaban J connectivity index is 1.86. The summed E-state index contributed by atoms with van der Waals surface area (Å²) in [5.41, 5.74) is 7.50. The molecular weight excluding hydrogens is 376 g/mol. The highest BCUT2D eigenvalue weighted by Crippen LogP contribution is 2.32. The molecule has 0 saturated heterocycles. The van der Waals surface area contributed by atoms with Crippen molar-refractivity contribution < 1.29 is 9.59 Å². The predicted molar refractivity (Wildman–Crippen MR) is 103 cm³/mol. The zero-order valence-corrected chi connectivity index (χ0v) is 16.6. The molecule has 134 valence electrons. The van der Waals surface area contributed by atoms with E-state index in [0.29, 0.717) is 10.3 Å². The Morgan fingerprint density at radius 1 is 1.16 bits per heavy atom. The van der Waals surface area contributed by atoms with Crippen LogP contribution in [0.15, 0.2) is 32.9 Å². The minimum atomic E-state index is -0.852. The number of nitrogens with zero attached hydrogens (tertiary/aromatic N) is 2. The number of benzene rings is 1. The Morgan fingerprint density at radius 3 is 2.40 bits per heavy atom. The fraction of sp³-hybridized carbons (Fsp3) is 0.375. The van der Waals surface area contributed by atoms with E-state index in [2.05, 4.69) is 53.6 Å². The third-order valence-electron chi connectivity index (χ3n) is 3.29. The first-order valence-electron chi connectivity index (χ1n) is 7.67. The highest BCUT2D eigenvalue weighted by molar-refractivity contribution is 8.03. The van der Waals surface area contributed by atoms with Crippen LogP contribution in [0.1, 0.15) is 37.8 Å². The van der Waals surface area contributed by atoms with Crippen molar-refractivity contribution in [3.05, 3.63) is 35.4 Å². The van der Waals surface area contributed by atoms with E-state index in [4.69, 9.17) is 5.73 Å². The molecule has 1 heterocycles. The zero-order valence-electron chi connectivity index (χ0n) is 14.2. The van der Waals surface area contributed by atoms with Crippen LogP contribution < -0.4 is 11.1 Å². The van der Waals surface area contributed by atoms with Gasteiger partial charge in [-0.1, -0.05) is 73.0 Å². The van der Waals surface area contributed by atoms with E-state index in [-0.39, 0.29) is 0 Å². The van der Waals surface area contributed by atoms with Crippen LogP contribution >= 0.6 is 34.9 Å². The third-order valence-corrected chi connectivity index (χ3v) is 6.60. The van der Waals surface area contributed by atoms with E-state index in [1.165, 1.54) is 34.2 Å². The molecule has 0 aliphatic carbocycles. The number of amides is 3. The van der Waals surface area contributed by atoms with Gasteiger partial charge in [-0.05, 0) is 24.0 Å². The predicted octanol–water partition coefficient (Wildman–Crippen LogP) is 3.63. The molecule has 0 fully saturated rings. The standard InChI is InChI=1S/C16H20N4O2S3/c1-9(2)12-6-4-11(5-7-12)8-23-15-19-20-16(25-15)24-10(3)13(21)18-14(17)22/h4-7,9-10H,8H2,1-3H3,(H3,17,18,21,22)/t10-/m1/s1. The second kappa shape index (κ2) is 9.21. The average molecular weight is 397 g/mol. The Bertz CT molecular complexity index is 731. The van der Waals surface area contributed by atoms with Gasteiger partial charge in [-0.25, -0.2) is 4.79 Å². The van der Waals surface area contributed by atoms with E-state index < -0.39 is 17.2 Å². The fourth-order valence-corrected chi connectivity index (χ4v) is 4.99. The van der Waals surface area contributed by atoms with Gasteiger partial charge in [-0.2, -0.15) is 0 Å². The van der Waals surface area contributed by atoms with Gasteiger partial charge in [0.05, 0.1) is 5.25 Å². The van der Waals surface area contributed by atoms with E-state index in [0.717, 1.165) is 10.1 Å². The Hall–Kier alpha value is -1.58. The van der Waals surface area contributed by atoms with Crippen LogP contribution in [-0.2, 0) is 10.5 Å². The third kappa shape index (κ3) is 6.33. The van der Waals surface area contributed by atoms with Crippen molar-refractivity contribution in [3.8, 4) is 0 Å². The van der Waals surface area contributed by atoms with Crippen molar-refractivity contribution in [2.75, 3.05) is 0 Å². The number of carbonyl (C=O) groups excluding carboxylic acids is 2. The summed E-state index contributed by atoms with van der Waals surface area (Å²) in [7, 11) is 0. The van der Waals surface area contributed by atoms with Gasteiger partial charge < -0.3 is 5.73 Å². The summed E-state index contributed by atoms with van der Waals surface area (Å²) in [6, 6.07) is 7.72. The number of urea groups is 1. The van der Waals surface area contributed by atoms with Gasteiger partial charge >= 0.3 is 6.03 Å². The zero-order chi connectivity index (χ0) is 18.4. The lowest BCUT2D eigenvalue weighted by atomic mass is 10.0. The monoisotopic (exact) mass is 396 g/mol. The molecule has 6 nitrogen and oxygen atoms in total. The van der Waals surface area contributed by atoms with Crippen molar-refractivity contribution in [1.82, 2.24) is 15.5 Å². The molecule has 0 unspecified atom stereocenters. The summed E-state index contributed by atoms with van der Waals surface area (Å²) in [5.74, 6) is 0.903. The van der Waals surface area contributed by atoms with Crippen LogP contribution in [0.5, 0.6) is 0 Å². The van der Waals surface area contributed by atoms with E-state index in [1.54, 1.807) is 18.7 Å². The normalized spacial score (nSPS) is 12.2. The molecule has 1 atom stereocenters. The maximum Gasteiger partial charge on any atom is 0.318 e. The lowest BCUT2D eigenvalue weighted by molar-refractivity contribution is -0.119. The van der Waals surface area contributed by atoms with Gasteiger partial charge in [0.2, 0.25) is 5.91 Å². The lowest BCUT2D eigenvalue weighted by Gasteiger charge is -2.06. The van der Waals surface area contributed by atoms with Crippen LogP contribution in [0.25, 0.3) is 0 Å². The minimum absolute atomic E-state index is 0.438. The van der Waals surface area contributed by atoms with Crippen LogP contribution in [0.3, 0.4) is 0 Å². The highest BCUT2D eigenvalue weighted by Gasteiger charge is 2.18. The Kier molecular flexibility index (Phi) is 7.27. The number of hydrogen-bond donors (Lipinski definition) is 2. The van der Waals surface area contributed by atoms with Gasteiger partial charge in [0.25, 0.3) is 0 Å². The smallest absolute Gasteiger partial charge is 0.318 e. The second-order valence-electron chi connectivity index (χ2n) is 5.63. The number of thioether (sulfide) groups is 2. The molecule has 3 N–H and O–H groups in total. The first-order valence-corrected chi connectivity index (χ1v) is 10.4. The summed E-state index contributed by atoms with van der Waals surface area (Å²) < 4.78 is 1.53. The summed E-state index contributed by atoms with van der Waals surface area (Å²) in [6.45, 7) is 6.04. The molecule has 1 aromatic heterocycles. The molecule has 0 bridgehead atoms. The van der Waals surface area contributed by atoms with Gasteiger partial charge in [0.1, 0.15) is 0 Å². The number of aromatic nitrogens is 2. The van der Waals surface area contributed by atoms with Gasteiger partial charge in [-0.15, -0.1) is 10.2 Å². The summed E-state index contributed by atoms with van der Waals surface area (Å²) in [4.78, 5) is 22.4. The molecule has 2 rings (SSSR count). The van der Waals surface area contributed by atoms with Crippen molar-refractivity contribution >= 4 is 46.8 Å². The number of hydrogen-bond acceptors (Lipinski definition) is 7. The lowest BCUT2D eigenvalue weighted by Crippen LogP contribution is -2.39. The molecular formula is C16H20N4O2S3. The summed E-state index contributed by atoms with van der Waals surface area (Å²) >= 11 is 4.30. The summed E-state index contributed by atoms with van der Waals surface area (Å²) in [5, 5.41) is 9.81. The van der Waals surface area contributed by atoms with E-state index >= 15 is 0 Å². The molecule has 3 amide bonds. The number of rotatable bonds is 7. The SMILES string of the molecule is CC(C)c1ccc(CSc2nnc(S[C@H](C)C(=O)NC(N)=O)s2)cc1. The molecule has 1 aromatic carbocycles. The number of nitrogens with one attached hydrogen (secondary N) is 1. The molecule has 2 aromatic rings. The quantitative estimate of drug-likeness (QED) is 0.694. The Labute approximate surface area is 159 Å². The molecule has 0 saturated carbocycles. The van der Waals surface area contributed by atoms with E-state index in [9.17, 15) is 9.59 Å². The maximum absolute atomic E-state index is 11.7. The van der Waals surface area contributed by atoms with Gasteiger partial charge in [-0.3, -0.25) is 10.1 Å². The second-order valence-corrected chi connectivity index (χ2v) is 9.42. The number of carbonyl (C=O) groups is 2. The van der Waals surface area contributed by atoms with Crippen LogP contribution in [0.4, 0.5) is 4.79 Å². The number of nitrogens with two attached hydrogens (primary N) is 1. The molecule has 25 heavy (non-hydrogen) atoms. The molecule has 0 aliphatic heterocycles. The van der Waals surface area contributed by atoms with Gasteiger partial charge in [0, 0.05) is 5.75 Å². The average Bonchev–Trinajstić information content (AvgIpc) is 3.00. The molecule has 0 radical (unpaired) electrons. The van der Waals surface area contributed by atoms with Crippen LogP contribution in [-0.4, -0.2) is 27.4 Å². The largest absolute Gasteiger partial charge is 0.351 e. The van der Waals surface area contributed by atoms with Crippen molar-refractivity contribution in [2.45, 2.75) is 46.4 Å². The van der Waals surface area contributed by atoms with Crippen molar-refractivity contribution in [3.63, 3.8) is 0 Å². The van der Waals surface area contributed by atoms with Crippen LogP contribution in [0, 0.1) is 0 Å². The fourth-order valence-electron chi connectivity index (χ4n) is 1.87. The van der Waals surface area contributed by atoms with Crippen molar-refractivity contribution in [1.29, 1.82) is 0 Å². The maximum atomic E-state index is 11.7. The first kappa shape index (κ1) is 19.7. The number of primary amides is 1. The topological polar surface area (TPSA) is 98.0 Å². The molecule has 0 aliphatic rings. The number of imide groups is 1. The van der Waals surface area contributed by atoms with Crippen LogP contribution in [0.2, 0.25) is 0 Å². The van der Waals surface area contributed by atoms with E-state index in [1.807, 2.05) is 0 Å². The first-order chi connectivity index (χ1) is 11.8. The Morgan fingerprint density at radius 2 is 1.80 bits per heavy atom. The highest BCUT2D eigenvalue weighted by atomic mass is 32.2. The minimum Gasteiger partial charge on any atom is -0.351 e. The van der Waals surface area contributed by atoms with Gasteiger partial charge in [0.15, 0.2) is 8.68 Å². The molecule has 9 heteroatoms.